The Balaban J connectivity index is 1.42. The minimum Gasteiger partial charge on any atom is -0.351 e. The van der Waals surface area contributed by atoms with Crippen molar-refractivity contribution in [2.75, 3.05) is 25.4 Å². The van der Waals surface area contributed by atoms with E-state index in [9.17, 15) is 13.2 Å². The lowest BCUT2D eigenvalue weighted by molar-refractivity contribution is 0.0956. The standard InChI is InChI=1S/C21H26N2O3S2/c24-21(22-12-15-27-16-18-6-2-1-3-7-18)20-10-8-19(9-11-20)17-28(25,26)23-13-4-5-14-23/h1-3,6-11H,4-5,12-17H2,(H,22,24). The van der Waals surface area contributed by atoms with Crippen molar-refractivity contribution in [3.05, 3.63) is 71.3 Å². The van der Waals surface area contributed by atoms with Crippen LogP contribution in [-0.2, 0) is 21.5 Å². The van der Waals surface area contributed by atoms with E-state index < -0.39 is 10.0 Å². The van der Waals surface area contributed by atoms with E-state index in [0.29, 0.717) is 30.8 Å². The largest absolute Gasteiger partial charge is 0.351 e. The quantitative estimate of drug-likeness (QED) is 0.635. The zero-order valence-corrected chi connectivity index (χ0v) is 17.5. The molecule has 28 heavy (non-hydrogen) atoms. The number of thioether (sulfide) groups is 1. The number of rotatable bonds is 9. The molecular weight excluding hydrogens is 392 g/mol. The van der Waals surface area contributed by atoms with Crippen LogP contribution in [-0.4, -0.2) is 44.0 Å². The van der Waals surface area contributed by atoms with E-state index in [2.05, 4.69) is 17.4 Å². The van der Waals surface area contributed by atoms with Crippen molar-refractivity contribution < 1.29 is 13.2 Å². The van der Waals surface area contributed by atoms with Crippen LogP contribution in [0.5, 0.6) is 0 Å². The topological polar surface area (TPSA) is 66.5 Å². The number of carbonyl (C=O) groups excluding carboxylic acids is 1. The van der Waals surface area contributed by atoms with Gasteiger partial charge < -0.3 is 5.32 Å². The van der Waals surface area contributed by atoms with Gasteiger partial charge in [-0.25, -0.2) is 12.7 Å². The first-order chi connectivity index (χ1) is 13.5. The molecule has 1 fully saturated rings. The zero-order chi connectivity index (χ0) is 19.8. The first-order valence-corrected chi connectivity index (χ1v) is 12.3. The van der Waals surface area contributed by atoms with Crippen LogP contribution in [0, 0.1) is 0 Å². The van der Waals surface area contributed by atoms with E-state index in [1.165, 1.54) is 5.56 Å². The highest BCUT2D eigenvalue weighted by Crippen LogP contribution is 2.17. The molecule has 1 N–H and O–H groups in total. The molecule has 7 heteroatoms. The molecule has 0 aliphatic carbocycles. The summed E-state index contributed by atoms with van der Waals surface area (Å²) in [6.07, 6.45) is 1.87. The van der Waals surface area contributed by atoms with Gasteiger partial charge in [0.15, 0.2) is 0 Å². The van der Waals surface area contributed by atoms with E-state index in [-0.39, 0.29) is 11.7 Å². The molecule has 0 radical (unpaired) electrons. The summed E-state index contributed by atoms with van der Waals surface area (Å²) in [5.41, 5.74) is 2.54. The molecule has 0 atom stereocenters. The second-order valence-corrected chi connectivity index (χ2v) is 9.93. The summed E-state index contributed by atoms with van der Waals surface area (Å²) in [7, 11) is -3.26. The molecule has 150 valence electrons. The molecule has 1 saturated heterocycles. The van der Waals surface area contributed by atoms with E-state index in [1.54, 1.807) is 40.3 Å². The van der Waals surface area contributed by atoms with Gasteiger partial charge in [-0.3, -0.25) is 4.79 Å². The molecule has 0 saturated carbocycles. The van der Waals surface area contributed by atoms with Crippen molar-refractivity contribution in [3.63, 3.8) is 0 Å². The predicted molar refractivity (Wildman–Crippen MR) is 115 cm³/mol. The van der Waals surface area contributed by atoms with Gasteiger partial charge in [-0.15, -0.1) is 0 Å². The first kappa shape index (κ1) is 20.9. The van der Waals surface area contributed by atoms with Crippen LogP contribution in [0.2, 0.25) is 0 Å². The Morgan fingerprint density at radius 3 is 2.32 bits per heavy atom. The molecule has 0 bridgehead atoms. The molecule has 0 unspecified atom stereocenters. The summed E-state index contributed by atoms with van der Waals surface area (Å²) in [6, 6.07) is 17.1. The Labute approximate surface area is 171 Å². The van der Waals surface area contributed by atoms with Crippen molar-refractivity contribution in [2.24, 2.45) is 0 Å². The Morgan fingerprint density at radius 2 is 1.64 bits per heavy atom. The Hall–Kier alpha value is -1.83. The summed E-state index contributed by atoms with van der Waals surface area (Å²) in [5, 5.41) is 2.91. The number of hydrogen-bond acceptors (Lipinski definition) is 4. The number of carbonyl (C=O) groups is 1. The van der Waals surface area contributed by atoms with Crippen molar-refractivity contribution >= 4 is 27.7 Å². The van der Waals surface area contributed by atoms with Crippen LogP contribution in [0.25, 0.3) is 0 Å². The summed E-state index contributed by atoms with van der Waals surface area (Å²) >= 11 is 1.78. The van der Waals surface area contributed by atoms with Crippen LogP contribution in [0.1, 0.15) is 34.3 Å². The third-order valence-corrected chi connectivity index (χ3v) is 7.55. The molecule has 1 heterocycles. The average molecular weight is 419 g/mol. The number of benzene rings is 2. The van der Waals surface area contributed by atoms with Gasteiger partial charge in [0.1, 0.15) is 0 Å². The number of nitrogens with one attached hydrogen (secondary N) is 1. The Kier molecular flexibility index (Phi) is 7.53. The molecular formula is C21H26N2O3S2. The fourth-order valence-corrected chi connectivity index (χ4v) is 5.55. The van der Waals surface area contributed by atoms with E-state index in [0.717, 1.165) is 24.3 Å². The maximum Gasteiger partial charge on any atom is 0.251 e. The fraction of sp³-hybridized carbons (Fsp3) is 0.381. The lowest BCUT2D eigenvalue weighted by atomic mass is 10.1. The lowest BCUT2D eigenvalue weighted by Crippen LogP contribution is -2.29. The number of nitrogens with zero attached hydrogens (tertiary/aromatic N) is 1. The van der Waals surface area contributed by atoms with Gasteiger partial charge in [0, 0.05) is 36.7 Å². The third kappa shape index (κ3) is 6.09. The fourth-order valence-electron chi connectivity index (χ4n) is 3.12. The third-order valence-electron chi connectivity index (χ3n) is 4.67. The van der Waals surface area contributed by atoms with Gasteiger partial charge >= 0.3 is 0 Å². The minimum absolute atomic E-state index is 0.00890. The maximum absolute atomic E-state index is 12.4. The number of amides is 1. The molecule has 1 aliphatic heterocycles. The Morgan fingerprint density at radius 1 is 0.964 bits per heavy atom. The highest BCUT2D eigenvalue weighted by Gasteiger charge is 2.25. The lowest BCUT2D eigenvalue weighted by Gasteiger charge is -2.15. The van der Waals surface area contributed by atoms with Gasteiger partial charge in [-0.2, -0.15) is 11.8 Å². The SMILES string of the molecule is O=C(NCCSCc1ccccc1)c1ccc(CS(=O)(=O)N2CCCC2)cc1. The van der Waals surface area contributed by atoms with Crippen molar-refractivity contribution in [2.45, 2.75) is 24.3 Å². The summed E-state index contributed by atoms with van der Waals surface area (Å²) < 4.78 is 26.3. The molecule has 0 aromatic heterocycles. The molecule has 1 aliphatic rings. The summed E-state index contributed by atoms with van der Waals surface area (Å²) in [6.45, 7) is 1.83. The molecule has 5 nitrogen and oxygen atoms in total. The van der Waals surface area contributed by atoms with Gasteiger partial charge in [-0.1, -0.05) is 42.5 Å². The van der Waals surface area contributed by atoms with E-state index in [4.69, 9.17) is 0 Å². The van der Waals surface area contributed by atoms with Crippen LogP contribution in [0.4, 0.5) is 0 Å². The monoisotopic (exact) mass is 418 g/mol. The van der Waals surface area contributed by atoms with Gasteiger partial charge in [0.05, 0.1) is 5.75 Å². The molecule has 2 aromatic rings. The van der Waals surface area contributed by atoms with Crippen molar-refractivity contribution in [1.29, 1.82) is 0 Å². The summed E-state index contributed by atoms with van der Waals surface area (Å²) in [5.74, 6) is 1.63. The van der Waals surface area contributed by atoms with Gasteiger partial charge in [-0.05, 0) is 36.1 Å². The molecule has 0 spiro atoms. The van der Waals surface area contributed by atoms with E-state index in [1.807, 2.05) is 18.2 Å². The highest BCUT2D eigenvalue weighted by molar-refractivity contribution is 7.98. The van der Waals surface area contributed by atoms with Crippen molar-refractivity contribution in [1.82, 2.24) is 9.62 Å². The number of sulfonamides is 1. The predicted octanol–water partition coefficient (Wildman–Crippen LogP) is 3.28. The maximum atomic E-state index is 12.4. The van der Waals surface area contributed by atoms with Crippen LogP contribution in [0.15, 0.2) is 54.6 Å². The zero-order valence-electron chi connectivity index (χ0n) is 15.8. The second kappa shape index (κ2) is 10.1. The minimum atomic E-state index is -3.26. The number of hydrogen-bond donors (Lipinski definition) is 1. The van der Waals surface area contributed by atoms with Crippen LogP contribution < -0.4 is 5.32 Å². The smallest absolute Gasteiger partial charge is 0.251 e. The van der Waals surface area contributed by atoms with E-state index >= 15 is 0 Å². The summed E-state index contributed by atoms with van der Waals surface area (Å²) in [4.78, 5) is 12.2. The normalized spacial score (nSPS) is 14.9. The van der Waals surface area contributed by atoms with Gasteiger partial charge in [0.25, 0.3) is 5.91 Å². The van der Waals surface area contributed by atoms with Crippen LogP contribution in [0.3, 0.4) is 0 Å². The first-order valence-electron chi connectivity index (χ1n) is 9.51. The second-order valence-electron chi connectivity index (χ2n) is 6.85. The van der Waals surface area contributed by atoms with Crippen molar-refractivity contribution in [3.8, 4) is 0 Å². The molecule has 1 amide bonds. The molecule has 2 aromatic carbocycles. The highest BCUT2D eigenvalue weighted by atomic mass is 32.2. The Bertz CT molecular complexity index is 862. The molecule has 3 rings (SSSR count). The van der Waals surface area contributed by atoms with Gasteiger partial charge in [0.2, 0.25) is 10.0 Å². The van der Waals surface area contributed by atoms with Crippen LogP contribution >= 0.6 is 11.8 Å². The average Bonchev–Trinajstić information content (AvgIpc) is 3.25.